The first kappa shape index (κ1) is 15.6. The van der Waals surface area contributed by atoms with Crippen LogP contribution in [0.3, 0.4) is 0 Å². The molecular weight excluding hydrogens is 303 g/mol. The topological polar surface area (TPSA) is 15.3 Å². The summed E-state index contributed by atoms with van der Waals surface area (Å²) in [5.74, 6) is 0.758. The van der Waals surface area contributed by atoms with Gasteiger partial charge >= 0.3 is 0 Å². The van der Waals surface area contributed by atoms with E-state index in [9.17, 15) is 0 Å². The van der Waals surface area contributed by atoms with Gasteiger partial charge in [0, 0.05) is 32.2 Å². The van der Waals surface area contributed by atoms with Crippen molar-refractivity contribution in [3.8, 4) is 0 Å². The van der Waals surface area contributed by atoms with Crippen molar-refractivity contribution in [3.63, 3.8) is 0 Å². The summed E-state index contributed by atoms with van der Waals surface area (Å²) in [6.07, 6.45) is 6.82. The van der Waals surface area contributed by atoms with Gasteiger partial charge < -0.3 is 5.32 Å². The molecule has 1 heterocycles. The van der Waals surface area contributed by atoms with Gasteiger partial charge in [-0.3, -0.25) is 4.90 Å². The molecule has 0 spiro atoms. The fourth-order valence-electron chi connectivity index (χ4n) is 3.89. The third-order valence-electron chi connectivity index (χ3n) is 4.93. The first-order chi connectivity index (χ1) is 10.3. The molecule has 1 atom stereocenters. The second kappa shape index (κ2) is 7.32. The number of hydrogen-bond acceptors (Lipinski definition) is 2. The molecule has 3 rings (SSSR count). The van der Waals surface area contributed by atoms with Gasteiger partial charge in [-0.25, -0.2) is 0 Å². The van der Waals surface area contributed by atoms with E-state index in [1.165, 1.54) is 37.7 Å². The molecular formula is C17H24Cl2N2. The van der Waals surface area contributed by atoms with E-state index in [0.29, 0.717) is 16.1 Å². The van der Waals surface area contributed by atoms with Crippen LogP contribution in [0.2, 0.25) is 10.0 Å². The van der Waals surface area contributed by atoms with E-state index in [-0.39, 0.29) is 0 Å². The summed E-state index contributed by atoms with van der Waals surface area (Å²) in [5.41, 5.74) is 1.35. The summed E-state index contributed by atoms with van der Waals surface area (Å²) in [6, 6.07) is 6.72. The van der Waals surface area contributed by atoms with Crippen LogP contribution in [-0.2, 0) is 0 Å². The Kier molecular flexibility index (Phi) is 5.44. The number of nitrogens with zero attached hydrogens (tertiary/aromatic N) is 1. The SMILES string of the molecule is Clc1ccc([C@H](C2CCCCC2)N2CCNCC2)cc1Cl. The Labute approximate surface area is 137 Å². The predicted molar refractivity (Wildman–Crippen MR) is 90.2 cm³/mol. The molecule has 2 aliphatic rings. The Hall–Kier alpha value is -0.280. The maximum absolute atomic E-state index is 6.27. The molecule has 1 aromatic carbocycles. The fraction of sp³-hybridized carbons (Fsp3) is 0.647. The summed E-state index contributed by atoms with van der Waals surface area (Å²) in [5, 5.41) is 4.80. The molecule has 2 nitrogen and oxygen atoms in total. The van der Waals surface area contributed by atoms with E-state index < -0.39 is 0 Å². The molecule has 1 aliphatic heterocycles. The Morgan fingerprint density at radius 3 is 2.38 bits per heavy atom. The van der Waals surface area contributed by atoms with Gasteiger partial charge in [0.15, 0.2) is 0 Å². The Morgan fingerprint density at radius 2 is 1.71 bits per heavy atom. The zero-order valence-corrected chi connectivity index (χ0v) is 14.0. The van der Waals surface area contributed by atoms with Crippen molar-refractivity contribution < 1.29 is 0 Å². The third-order valence-corrected chi connectivity index (χ3v) is 5.67. The maximum Gasteiger partial charge on any atom is 0.0595 e. The van der Waals surface area contributed by atoms with Crippen LogP contribution in [-0.4, -0.2) is 31.1 Å². The van der Waals surface area contributed by atoms with Crippen LogP contribution in [0.4, 0.5) is 0 Å². The molecule has 1 N–H and O–H groups in total. The highest BCUT2D eigenvalue weighted by atomic mass is 35.5. The highest BCUT2D eigenvalue weighted by molar-refractivity contribution is 6.42. The van der Waals surface area contributed by atoms with Crippen molar-refractivity contribution in [2.75, 3.05) is 26.2 Å². The molecule has 0 radical (unpaired) electrons. The quantitative estimate of drug-likeness (QED) is 0.878. The number of nitrogens with one attached hydrogen (secondary N) is 1. The van der Waals surface area contributed by atoms with Gasteiger partial charge in [-0.2, -0.15) is 0 Å². The van der Waals surface area contributed by atoms with Gasteiger partial charge in [0.25, 0.3) is 0 Å². The fourth-order valence-corrected chi connectivity index (χ4v) is 4.19. The Bertz CT molecular complexity index is 448. The monoisotopic (exact) mass is 326 g/mol. The number of halogens is 2. The van der Waals surface area contributed by atoms with E-state index in [1.54, 1.807) is 0 Å². The highest BCUT2D eigenvalue weighted by Gasteiger charge is 2.31. The molecule has 1 saturated heterocycles. The lowest BCUT2D eigenvalue weighted by Crippen LogP contribution is -2.47. The van der Waals surface area contributed by atoms with E-state index in [2.05, 4.69) is 22.3 Å². The summed E-state index contributed by atoms with van der Waals surface area (Å²) in [6.45, 7) is 4.43. The smallest absolute Gasteiger partial charge is 0.0595 e. The Balaban J connectivity index is 1.87. The largest absolute Gasteiger partial charge is 0.314 e. The average molecular weight is 327 g/mol. The van der Waals surface area contributed by atoms with Crippen molar-refractivity contribution >= 4 is 23.2 Å². The van der Waals surface area contributed by atoms with Crippen molar-refractivity contribution in [1.29, 1.82) is 0 Å². The van der Waals surface area contributed by atoms with Gasteiger partial charge in [0.1, 0.15) is 0 Å². The molecule has 21 heavy (non-hydrogen) atoms. The van der Waals surface area contributed by atoms with Crippen LogP contribution in [0.1, 0.15) is 43.7 Å². The zero-order chi connectivity index (χ0) is 14.7. The normalized spacial score (nSPS) is 23.1. The van der Waals surface area contributed by atoms with E-state index >= 15 is 0 Å². The first-order valence-electron chi connectivity index (χ1n) is 8.15. The lowest BCUT2D eigenvalue weighted by Gasteiger charge is -2.41. The summed E-state index contributed by atoms with van der Waals surface area (Å²) < 4.78 is 0. The zero-order valence-electron chi connectivity index (χ0n) is 12.5. The van der Waals surface area contributed by atoms with Gasteiger partial charge in [-0.1, -0.05) is 48.5 Å². The standard InChI is InChI=1S/C17H24Cl2N2/c18-15-7-6-14(12-16(15)19)17(13-4-2-1-3-5-13)21-10-8-20-9-11-21/h6-7,12-13,17,20H,1-5,8-11H2/t17-/m0/s1. The molecule has 116 valence electrons. The molecule has 4 heteroatoms. The number of rotatable bonds is 3. The van der Waals surface area contributed by atoms with Crippen LogP contribution in [0.15, 0.2) is 18.2 Å². The second-order valence-corrected chi connectivity index (χ2v) is 7.12. The summed E-state index contributed by atoms with van der Waals surface area (Å²) in [4.78, 5) is 2.64. The van der Waals surface area contributed by atoms with Crippen molar-refractivity contribution in [2.24, 2.45) is 5.92 Å². The molecule has 1 aromatic rings. The van der Waals surface area contributed by atoms with Gasteiger partial charge in [0.05, 0.1) is 10.0 Å². The van der Waals surface area contributed by atoms with Crippen molar-refractivity contribution in [2.45, 2.75) is 38.1 Å². The lowest BCUT2D eigenvalue weighted by atomic mass is 9.80. The summed E-state index contributed by atoms with van der Waals surface area (Å²) in [7, 11) is 0. The Morgan fingerprint density at radius 1 is 1.00 bits per heavy atom. The van der Waals surface area contributed by atoms with Crippen LogP contribution in [0, 0.1) is 5.92 Å². The molecule has 0 amide bonds. The minimum atomic E-state index is 0.502. The van der Waals surface area contributed by atoms with Crippen LogP contribution in [0.25, 0.3) is 0 Å². The van der Waals surface area contributed by atoms with Crippen LogP contribution in [0.5, 0.6) is 0 Å². The summed E-state index contributed by atoms with van der Waals surface area (Å²) >= 11 is 12.4. The first-order valence-corrected chi connectivity index (χ1v) is 8.91. The second-order valence-electron chi connectivity index (χ2n) is 6.30. The third kappa shape index (κ3) is 3.73. The van der Waals surface area contributed by atoms with Crippen LogP contribution >= 0.6 is 23.2 Å². The number of benzene rings is 1. The average Bonchev–Trinajstić information content (AvgIpc) is 2.53. The van der Waals surface area contributed by atoms with Gasteiger partial charge in [0.2, 0.25) is 0 Å². The number of piperazine rings is 1. The predicted octanol–water partition coefficient (Wildman–Crippen LogP) is 4.52. The van der Waals surface area contributed by atoms with E-state index in [4.69, 9.17) is 23.2 Å². The molecule has 0 bridgehead atoms. The van der Waals surface area contributed by atoms with E-state index in [0.717, 1.165) is 32.1 Å². The van der Waals surface area contributed by atoms with Gasteiger partial charge in [-0.05, 0) is 36.5 Å². The molecule has 1 saturated carbocycles. The minimum Gasteiger partial charge on any atom is -0.314 e. The van der Waals surface area contributed by atoms with Crippen molar-refractivity contribution in [3.05, 3.63) is 33.8 Å². The lowest BCUT2D eigenvalue weighted by molar-refractivity contribution is 0.103. The van der Waals surface area contributed by atoms with E-state index in [1.807, 2.05) is 6.07 Å². The van der Waals surface area contributed by atoms with Crippen LogP contribution < -0.4 is 5.32 Å². The van der Waals surface area contributed by atoms with Crippen molar-refractivity contribution in [1.82, 2.24) is 10.2 Å². The molecule has 0 unspecified atom stereocenters. The number of hydrogen-bond donors (Lipinski definition) is 1. The van der Waals surface area contributed by atoms with Gasteiger partial charge in [-0.15, -0.1) is 0 Å². The minimum absolute atomic E-state index is 0.502. The molecule has 0 aromatic heterocycles. The highest BCUT2D eigenvalue weighted by Crippen LogP contribution is 2.40. The molecule has 1 aliphatic carbocycles. The molecule has 2 fully saturated rings. The maximum atomic E-state index is 6.27.